The number of amides is 1. The second-order valence-electron chi connectivity index (χ2n) is 8.02. The Balaban J connectivity index is 1.70. The molecule has 0 aliphatic carbocycles. The van der Waals surface area contributed by atoms with Gasteiger partial charge in [-0.15, -0.1) is 0 Å². The van der Waals surface area contributed by atoms with Crippen molar-refractivity contribution in [3.05, 3.63) is 57.4 Å². The van der Waals surface area contributed by atoms with Gasteiger partial charge in [0.15, 0.2) is 5.13 Å². The lowest BCUT2D eigenvalue weighted by Gasteiger charge is -2.20. The summed E-state index contributed by atoms with van der Waals surface area (Å²) in [5.41, 5.74) is 0.613. The smallest absolute Gasteiger partial charge is 0.296 e. The van der Waals surface area contributed by atoms with Crippen LogP contribution in [0.15, 0.2) is 30.6 Å². The molecule has 1 aliphatic rings. The van der Waals surface area contributed by atoms with E-state index in [-0.39, 0.29) is 16.0 Å². The standard InChI is InChI=1S/C22H21ClF3N5OS/c1-12-6-14(8-15(7-12)22(24,25)26)19-17(11-31-5-3-4-13(31)2)33-21(29-19)30-20(32)16-9-28-18(23)10-27-16/h6-10,13H,3-5,11H2,1-2H3,(H,29,30,32)/t13-/m1/s1. The van der Waals surface area contributed by atoms with Crippen LogP contribution in [0.4, 0.5) is 18.3 Å². The van der Waals surface area contributed by atoms with E-state index < -0.39 is 17.6 Å². The van der Waals surface area contributed by atoms with Crippen LogP contribution in [0, 0.1) is 6.92 Å². The van der Waals surface area contributed by atoms with Gasteiger partial charge in [-0.25, -0.2) is 15.0 Å². The summed E-state index contributed by atoms with van der Waals surface area (Å²) in [6, 6.07) is 4.26. The van der Waals surface area contributed by atoms with Crippen LogP contribution in [0.3, 0.4) is 0 Å². The molecular weight excluding hydrogens is 475 g/mol. The van der Waals surface area contributed by atoms with Crippen molar-refractivity contribution in [2.24, 2.45) is 0 Å². The number of anilines is 1. The average molecular weight is 496 g/mol. The van der Waals surface area contributed by atoms with Crippen molar-refractivity contribution >= 4 is 34.0 Å². The molecule has 0 spiro atoms. The van der Waals surface area contributed by atoms with Gasteiger partial charge in [0.25, 0.3) is 5.91 Å². The Morgan fingerprint density at radius 1 is 1.27 bits per heavy atom. The number of carbonyl (C=O) groups excluding carboxylic acids is 1. The van der Waals surface area contributed by atoms with Crippen LogP contribution in [0.1, 0.15) is 46.3 Å². The molecule has 4 rings (SSSR count). The largest absolute Gasteiger partial charge is 0.416 e. The van der Waals surface area contributed by atoms with Crippen LogP contribution >= 0.6 is 22.9 Å². The lowest BCUT2D eigenvalue weighted by Crippen LogP contribution is -2.25. The lowest BCUT2D eigenvalue weighted by molar-refractivity contribution is -0.137. The lowest BCUT2D eigenvalue weighted by atomic mass is 10.0. The van der Waals surface area contributed by atoms with Gasteiger partial charge >= 0.3 is 6.18 Å². The van der Waals surface area contributed by atoms with Gasteiger partial charge in [-0.3, -0.25) is 15.0 Å². The molecule has 6 nitrogen and oxygen atoms in total. The number of carbonyl (C=O) groups is 1. The van der Waals surface area contributed by atoms with Crippen LogP contribution in [0.2, 0.25) is 5.15 Å². The zero-order valence-corrected chi connectivity index (χ0v) is 19.5. The second-order valence-corrected chi connectivity index (χ2v) is 9.49. The molecule has 33 heavy (non-hydrogen) atoms. The Morgan fingerprint density at radius 2 is 2.06 bits per heavy atom. The molecule has 3 aromatic rings. The SMILES string of the molecule is Cc1cc(-c2nc(NC(=O)c3cnc(Cl)cn3)sc2CN2CCC[C@H]2C)cc(C(F)(F)F)c1. The van der Waals surface area contributed by atoms with E-state index in [1.54, 1.807) is 13.0 Å². The third-order valence-corrected chi connectivity index (χ3v) is 6.64. The van der Waals surface area contributed by atoms with Crippen molar-refractivity contribution in [1.82, 2.24) is 19.9 Å². The van der Waals surface area contributed by atoms with E-state index in [2.05, 4.69) is 32.1 Å². The predicted molar refractivity (Wildman–Crippen MR) is 121 cm³/mol. The number of aromatic nitrogens is 3. The molecule has 0 bridgehead atoms. The number of hydrogen-bond acceptors (Lipinski definition) is 6. The molecule has 0 unspecified atom stereocenters. The monoisotopic (exact) mass is 495 g/mol. The summed E-state index contributed by atoms with van der Waals surface area (Å²) >= 11 is 6.97. The second kappa shape index (κ2) is 9.36. The van der Waals surface area contributed by atoms with E-state index in [9.17, 15) is 18.0 Å². The zero-order chi connectivity index (χ0) is 23.8. The molecule has 2 aromatic heterocycles. The molecule has 1 amide bonds. The Morgan fingerprint density at radius 3 is 2.70 bits per heavy atom. The highest BCUT2D eigenvalue weighted by molar-refractivity contribution is 7.16. The molecule has 0 radical (unpaired) electrons. The maximum atomic E-state index is 13.4. The molecule has 174 valence electrons. The first-order valence-corrected chi connectivity index (χ1v) is 11.5. The fourth-order valence-corrected chi connectivity index (χ4v) is 4.93. The van der Waals surface area contributed by atoms with Gasteiger partial charge in [0.05, 0.1) is 23.7 Å². The molecule has 3 heterocycles. The number of halogens is 4. The first-order valence-electron chi connectivity index (χ1n) is 10.3. The number of alkyl halides is 3. The average Bonchev–Trinajstić information content (AvgIpc) is 3.33. The third kappa shape index (κ3) is 5.51. The van der Waals surface area contributed by atoms with Gasteiger partial charge < -0.3 is 0 Å². The number of hydrogen-bond donors (Lipinski definition) is 1. The van der Waals surface area contributed by atoms with E-state index >= 15 is 0 Å². The highest BCUT2D eigenvalue weighted by atomic mass is 35.5. The normalized spacial score (nSPS) is 16.8. The minimum Gasteiger partial charge on any atom is -0.296 e. The van der Waals surface area contributed by atoms with Gasteiger partial charge in [0, 0.05) is 23.0 Å². The predicted octanol–water partition coefficient (Wildman–Crippen LogP) is 5.82. The Labute approximate surface area is 197 Å². The van der Waals surface area contributed by atoms with Gasteiger partial charge in [-0.05, 0) is 57.0 Å². The Kier molecular flexibility index (Phi) is 6.69. The van der Waals surface area contributed by atoms with Gasteiger partial charge in [-0.1, -0.05) is 22.9 Å². The molecule has 1 N–H and O–H groups in total. The number of nitrogens with zero attached hydrogens (tertiary/aromatic N) is 4. The van der Waals surface area contributed by atoms with E-state index in [4.69, 9.17) is 11.6 Å². The molecule has 1 aliphatic heterocycles. The van der Waals surface area contributed by atoms with Crippen molar-refractivity contribution in [1.29, 1.82) is 0 Å². The van der Waals surface area contributed by atoms with Gasteiger partial charge in [0.2, 0.25) is 0 Å². The third-order valence-electron chi connectivity index (χ3n) is 5.49. The van der Waals surface area contributed by atoms with E-state index in [1.807, 2.05) is 0 Å². The number of likely N-dealkylation sites (tertiary alicyclic amines) is 1. The minimum absolute atomic E-state index is 0.0563. The van der Waals surface area contributed by atoms with Crippen molar-refractivity contribution in [2.75, 3.05) is 11.9 Å². The maximum Gasteiger partial charge on any atom is 0.416 e. The first kappa shape index (κ1) is 23.6. The molecule has 1 atom stereocenters. The Hall–Kier alpha value is -2.56. The number of benzene rings is 1. The van der Waals surface area contributed by atoms with Gasteiger partial charge in [0.1, 0.15) is 10.8 Å². The fourth-order valence-electron chi connectivity index (χ4n) is 3.82. The van der Waals surface area contributed by atoms with Crippen LogP contribution in [-0.4, -0.2) is 38.3 Å². The molecule has 11 heteroatoms. The topological polar surface area (TPSA) is 71.0 Å². The fraction of sp³-hybridized carbons (Fsp3) is 0.364. The molecular formula is C22H21ClF3N5OS. The number of rotatable bonds is 5. The molecule has 1 aromatic carbocycles. The molecule has 1 saturated heterocycles. The number of thiazole rings is 1. The summed E-state index contributed by atoms with van der Waals surface area (Å²) in [7, 11) is 0. The van der Waals surface area contributed by atoms with Crippen LogP contribution in [0.5, 0.6) is 0 Å². The minimum atomic E-state index is -4.47. The Bertz CT molecular complexity index is 1170. The molecule has 0 saturated carbocycles. The summed E-state index contributed by atoms with van der Waals surface area (Å²) < 4.78 is 40.3. The first-order chi connectivity index (χ1) is 15.6. The number of aryl methyl sites for hydroxylation is 1. The zero-order valence-electron chi connectivity index (χ0n) is 17.9. The van der Waals surface area contributed by atoms with E-state index in [1.165, 1.54) is 23.7 Å². The summed E-state index contributed by atoms with van der Waals surface area (Å²) in [6.07, 6.45) is 0.168. The summed E-state index contributed by atoms with van der Waals surface area (Å²) in [4.78, 5) is 27.9. The van der Waals surface area contributed by atoms with Crippen molar-refractivity contribution < 1.29 is 18.0 Å². The molecule has 1 fully saturated rings. The number of nitrogens with one attached hydrogen (secondary N) is 1. The van der Waals surface area contributed by atoms with Crippen LogP contribution in [0.25, 0.3) is 11.3 Å². The highest BCUT2D eigenvalue weighted by Crippen LogP contribution is 2.38. The van der Waals surface area contributed by atoms with E-state index in [0.29, 0.717) is 29.4 Å². The van der Waals surface area contributed by atoms with Crippen LogP contribution < -0.4 is 5.32 Å². The van der Waals surface area contributed by atoms with Crippen molar-refractivity contribution in [3.8, 4) is 11.3 Å². The quantitative estimate of drug-likeness (QED) is 0.483. The maximum absolute atomic E-state index is 13.4. The van der Waals surface area contributed by atoms with Crippen LogP contribution in [-0.2, 0) is 12.7 Å². The summed E-state index contributed by atoms with van der Waals surface area (Å²) in [5.74, 6) is -0.527. The van der Waals surface area contributed by atoms with Gasteiger partial charge in [-0.2, -0.15) is 13.2 Å². The summed E-state index contributed by atoms with van der Waals surface area (Å²) in [5, 5.41) is 3.12. The van der Waals surface area contributed by atoms with E-state index in [0.717, 1.165) is 36.4 Å². The van der Waals surface area contributed by atoms with Crippen molar-refractivity contribution in [2.45, 2.75) is 45.5 Å². The highest BCUT2D eigenvalue weighted by Gasteiger charge is 2.32. The summed E-state index contributed by atoms with van der Waals surface area (Å²) in [6.45, 7) is 5.20. The van der Waals surface area contributed by atoms with Crippen molar-refractivity contribution in [3.63, 3.8) is 0 Å².